The van der Waals surface area contributed by atoms with Crippen LogP contribution < -0.4 is 20.9 Å². The number of carbonyl (C=O) groups excluding carboxylic acids is 4. The van der Waals surface area contributed by atoms with Crippen molar-refractivity contribution in [2.45, 2.75) is 39.7 Å². The predicted molar refractivity (Wildman–Crippen MR) is 127 cm³/mol. The quantitative estimate of drug-likeness (QED) is 0.546. The summed E-state index contributed by atoms with van der Waals surface area (Å²) in [4.78, 5) is 50.0. The van der Waals surface area contributed by atoms with Crippen LogP contribution in [0, 0.1) is 5.92 Å². The van der Waals surface area contributed by atoms with E-state index in [1.165, 1.54) is 0 Å². The number of anilines is 2. The standard InChI is InChI=1S/C25H30N4O4/c1-17(2)13-22(30)28-20-6-3-5-18(14-20)15-26-23(31)16-27-25(33)19-8-10-21(11-9-19)29-12-4-7-24(29)32/h3,5-6,8-11,14,17H,4,7,12-13,15-16H2,1-2H3,(H,26,31)(H,27,33)(H,28,30). The van der Waals surface area contributed by atoms with Gasteiger partial charge >= 0.3 is 0 Å². The van der Waals surface area contributed by atoms with Crippen molar-refractivity contribution in [3.63, 3.8) is 0 Å². The summed E-state index contributed by atoms with van der Waals surface area (Å²) >= 11 is 0. The SMILES string of the molecule is CC(C)CC(=O)Nc1cccc(CNC(=O)CNC(=O)c2ccc(N3CCCC3=O)cc2)c1. The summed E-state index contributed by atoms with van der Waals surface area (Å²) in [7, 11) is 0. The van der Waals surface area contributed by atoms with E-state index in [0.29, 0.717) is 30.6 Å². The van der Waals surface area contributed by atoms with Crippen molar-refractivity contribution in [3.05, 3.63) is 59.7 Å². The molecule has 3 rings (SSSR count). The molecule has 0 radical (unpaired) electrons. The number of carbonyl (C=O) groups is 4. The average molecular weight is 451 g/mol. The Bertz CT molecular complexity index is 1020. The second kappa shape index (κ2) is 11.3. The third kappa shape index (κ3) is 7.17. The average Bonchev–Trinajstić information content (AvgIpc) is 3.21. The van der Waals surface area contributed by atoms with Gasteiger partial charge < -0.3 is 20.9 Å². The molecule has 0 aliphatic carbocycles. The summed E-state index contributed by atoms with van der Waals surface area (Å²) < 4.78 is 0. The molecule has 8 heteroatoms. The lowest BCUT2D eigenvalue weighted by atomic mass is 10.1. The summed E-state index contributed by atoms with van der Waals surface area (Å²) in [5, 5.41) is 8.21. The van der Waals surface area contributed by atoms with Crippen LogP contribution in [0.5, 0.6) is 0 Å². The first-order valence-electron chi connectivity index (χ1n) is 11.2. The first-order chi connectivity index (χ1) is 15.8. The van der Waals surface area contributed by atoms with E-state index < -0.39 is 0 Å². The van der Waals surface area contributed by atoms with Gasteiger partial charge in [0.15, 0.2) is 0 Å². The van der Waals surface area contributed by atoms with Crippen molar-refractivity contribution in [1.82, 2.24) is 10.6 Å². The van der Waals surface area contributed by atoms with Crippen LogP contribution in [0.25, 0.3) is 0 Å². The number of hydrogen-bond acceptors (Lipinski definition) is 4. The van der Waals surface area contributed by atoms with Crippen LogP contribution in [-0.4, -0.2) is 36.7 Å². The van der Waals surface area contributed by atoms with E-state index in [-0.39, 0.29) is 42.6 Å². The van der Waals surface area contributed by atoms with Crippen LogP contribution in [0.4, 0.5) is 11.4 Å². The molecule has 174 valence electrons. The van der Waals surface area contributed by atoms with Crippen LogP contribution >= 0.6 is 0 Å². The fourth-order valence-corrected chi connectivity index (χ4v) is 3.58. The molecule has 4 amide bonds. The maximum Gasteiger partial charge on any atom is 0.251 e. The van der Waals surface area contributed by atoms with E-state index in [4.69, 9.17) is 0 Å². The molecule has 33 heavy (non-hydrogen) atoms. The Kier molecular flexibility index (Phi) is 8.18. The van der Waals surface area contributed by atoms with Crippen molar-refractivity contribution >= 4 is 35.0 Å². The van der Waals surface area contributed by atoms with Crippen LogP contribution in [0.15, 0.2) is 48.5 Å². The number of nitrogens with zero attached hydrogens (tertiary/aromatic N) is 1. The second-order valence-corrected chi connectivity index (χ2v) is 8.50. The first kappa shape index (κ1) is 24.0. The maximum absolute atomic E-state index is 12.3. The van der Waals surface area contributed by atoms with Gasteiger partial charge in [-0.1, -0.05) is 26.0 Å². The Morgan fingerprint density at radius 2 is 1.76 bits per heavy atom. The zero-order valence-electron chi connectivity index (χ0n) is 19.0. The highest BCUT2D eigenvalue weighted by Gasteiger charge is 2.21. The van der Waals surface area contributed by atoms with Crippen molar-refractivity contribution in [1.29, 1.82) is 0 Å². The second-order valence-electron chi connectivity index (χ2n) is 8.50. The van der Waals surface area contributed by atoms with E-state index in [9.17, 15) is 19.2 Å². The molecule has 0 atom stereocenters. The molecule has 2 aromatic rings. The minimum absolute atomic E-state index is 0.0473. The van der Waals surface area contributed by atoms with Gasteiger partial charge in [0.1, 0.15) is 0 Å². The number of nitrogens with one attached hydrogen (secondary N) is 3. The zero-order chi connectivity index (χ0) is 23.8. The Morgan fingerprint density at radius 1 is 1.00 bits per heavy atom. The van der Waals surface area contributed by atoms with Crippen LogP contribution in [0.2, 0.25) is 0 Å². The van der Waals surface area contributed by atoms with E-state index in [0.717, 1.165) is 17.7 Å². The number of benzene rings is 2. The molecule has 2 aromatic carbocycles. The highest BCUT2D eigenvalue weighted by Crippen LogP contribution is 2.21. The molecule has 1 aliphatic heterocycles. The summed E-state index contributed by atoms with van der Waals surface area (Å²) in [6, 6.07) is 14.0. The summed E-state index contributed by atoms with van der Waals surface area (Å²) in [5.74, 6) is -0.368. The Balaban J connectivity index is 1.44. The monoisotopic (exact) mass is 450 g/mol. The van der Waals surface area contributed by atoms with Gasteiger partial charge in [-0.15, -0.1) is 0 Å². The van der Waals surface area contributed by atoms with Gasteiger partial charge in [-0.2, -0.15) is 0 Å². The number of rotatable bonds is 9. The highest BCUT2D eigenvalue weighted by molar-refractivity contribution is 5.98. The fourth-order valence-electron chi connectivity index (χ4n) is 3.58. The normalized spacial score (nSPS) is 13.2. The van der Waals surface area contributed by atoms with Crippen molar-refractivity contribution in [2.75, 3.05) is 23.3 Å². The molecule has 0 spiro atoms. The van der Waals surface area contributed by atoms with Gasteiger partial charge in [0.2, 0.25) is 17.7 Å². The van der Waals surface area contributed by atoms with E-state index in [1.807, 2.05) is 32.0 Å². The predicted octanol–water partition coefficient (Wildman–Crippen LogP) is 2.84. The lowest BCUT2D eigenvalue weighted by Crippen LogP contribution is -2.36. The Morgan fingerprint density at radius 3 is 2.42 bits per heavy atom. The van der Waals surface area contributed by atoms with Gasteiger partial charge in [-0.3, -0.25) is 19.2 Å². The van der Waals surface area contributed by atoms with Crippen LogP contribution in [0.3, 0.4) is 0 Å². The largest absolute Gasteiger partial charge is 0.350 e. The van der Waals surface area contributed by atoms with Gasteiger partial charge in [-0.05, 0) is 54.3 Å². The Labute approximate surface area is 193 Å². The van der Waals surface area contributed by atoms with E-state index in [2.05, 4.69) is 16.0 Å². The number of amides is 4. The lowest BCUT2D eigenvalue weighted by Gasteiger charge is -2.15. The van der Waals surface area contributed by atoms with E-state index >= 15 is 0 Å². The van der Waals surface area contributed by atoms with Gasteiger partial charge in [0.05, 0.1) is 6.54 Å². The molecule has 0 aromatic heterocycles. The molecule has 1 saturated heterocycles. The Hall–Kier alpha value is -3.68. The molecule has 3 N–H and O–H groups in total. The molecular formula is C25H30N4O4. The topological polar surface area (TPSA) is 108 Å². The molecule has 1 heterocycles. The van der Waals surface area contributed by atoms with E-state index in [1.54, 1.807) is 35.2 Å². The zero-order valence-corrected chi connectivity index (χ0v) is 19.0. The molecule has 8 nitrogen and oxygen atoms in total. The smallest absolute Gasteiger partial charge is 0.251 e. The minimum Gasteiger partial charge on any atom is -0.350 e. The third-order valence-electron chi connectivity index (χ3n) is 5.22. The lowest BCUT2D eigenvalue weighted by molar-refractivity contribution is -0.120. The summed E-state index contributed by atoms with van der Waals surface area (Å²) in [6.07, 6.45) is 1.83. The van der Waals surface area contributed by atoms with Crippen LogP contribution in [-0.2, 0) is 20.9 Å². The molecule has 1 aliphatic rings. The molecular weight excluding hydrogens is 420 g/mol. The molecule has 0 saturated carbocycles. The minimum atomic E-state index is -0.362. The maximum atomic E-state index is 12.3. The summed E-state index contributed by atoms with van der Waals surface area (Å²) in [5.41, 5.74) is 2.71. The summed E-state index contributed by atoms with van der Waals surface area (Å²) in [6.45, 7) is 4.78. The van der Waals surface area contributed by atoms with Crippen molar-refractivity contribution in [3.8, 4) is 0 Å². The molecule has 0 unspecified atom stereocenters. The molecule has 0 bridgehead atoms. The first-order valence-corrected chi connectivity index (χ1v) is 11.2. The highest BCUT2D eigenvalue weighted by atomic mass is 16.2. The number of hydrogen-bond donors (Lipinski definition) is 3. The molecule has 1 fully saturated rings. The fraction of sp³-hybridized carbons (Fsp3) is 0.360. The third-order valence-corrected chi connectivity index (χ3v) is 5.22. The van der Waals surface area contributed by atoms with Gasteiger partial charge in [-0.25, -0.2) is 0 Å². The van der Waals surface area contributed by atoms with Gasteiger partial charge in [0, 0.05) is 42.9 Å². The van der Waals surface area contributed by atoms with Crippen molar-refractivity contribution < 1.29 is 19.2 Å². The van der Waals surface area contributed by atoms with Crippen molar-refractivity contribution in [2.24, 2.45) is 5.92 Å². The van der Waals surface area contributed by atoms with Crippen LogP contribution in [0.1, 0.15) is 49.0 Å². The van der Waals surface area contributed by atoms with Gasteiger partial charge in [0.25, 0.3) is 5.91 Å².